The van der Waals surface area contributed by atoms with Crippen molar-refractivity contribution in [2.75, 3.05) is 24.1 Å². The topological polar surface area (TPSA) is 78.7 Å². The van der Waals surface area contributed by atoms with Crippen molar-refractivity contribution in [1.29, 1.82) is 0 Å². The van der Waals surface area contributed by atoms with E-state index in [4.69, 9.17) is 14.2 Å². The van der Waals surface area contributed by atoms with Crippen molar-refractivity contribution in [3.63, 3.8) is 0 Å². The van der Waals surface area contributed by atoms with E-state index >= 15 is 0 Å². The van der Waals surface area contributed by atoms with E-state index in [0.717, 1.165) is 10.9 Å². The number of amides is 1. The van der Waals surface area contributed by atoms with Gasteiger partial charge in [0.2, 0.25) is 17.9 Å². The summed E-state index contributed by atoms with van der Waals surface area (Å²) in [5, 5.41) is 10.9. The summed E-state index contributed by atoms with van der Waals surface area (Å²) in [7, 11) is 0. The summed E-state index contributed by atoms with van der Waals surface area (Å²) < 4.78 is 18.3. The fraction of sp³-hybridized carbons (Fsp3) is 0.471. The first kappa shape index (κ1) is 17.0. The zero-order valence-electron chi connectivity index (χ0n) is 14.7. The van der Waals surface area contributed by atoms with Crippen molar-refractivity contribution in [3.05, 3.63) is 24.0 Å². The Hall–Kier alpha value is -2.42. The summed E-state index contributed by atoms with van der Waals surface area (Å²) in [6.07, 6.45) is 0.491. The van der Waals surface area contributed by atoms with Gasteiger partial charge in [-0.25, -0.2) is 9.69 Å². The van der Waals surface area contributed by atoms with Gasteiger partial charge in [-0.2, -0.15) is 0 Å². The minimum absolute atomic E-state index is 0.0747. The summed E-state index contributed by atoms with van der Waals surface area (Å²) in [5.74, 6) is 3.80. The molecule has 0 spiro atoms. The van der Waals surface area contributed by atoms with E-state index in [9.17, 15) is 4.79 Å². The van der Waals surface area contributed by atoms with Gasteiger partial charge in [0.05, 0.1) is 6.54 Å². The molecule has 0 radical (unpaired) electrons. The summed E-state index contributed by atoms with van der Waals surface area (Å²) in [6.45, 7) is 5.14. The average molecular weight is 376 g/mol. The Kier molecular flexibility index (Phi) is 4.62. The molecule has 9 heteroatoms. The van der Waals surface area contributed by atoms with Crippen molar-refractivity contribution in [3.8, 4) is 17.2 Å². The lowest BCUT2D eigenvalue weighted by atomic mass is 10.1. The first-order chi connectivity index (χ1) is 12.6. The van der Waals surface area contributed by atoms with E-state index in [-0.39, 0.29) is 19.3 Å². The SMILES string of the molecule is CC(C)CC(=O)N1CCSc2nnc(COc3ccc4c(c3)OCO4)n21. The predicted octanol–water partition coefficient (Wildman–Crippen LogP) is 2.20. The number of carbonyl (C=O) groups excluding carboxylic acids is 1. The molecule has 0 atom stereocenters. The van der Waals surface area contributed by atoms with Gasteiger partial charge in [0, 0.05) is 18.2 Å². The lowest BCUT2D eigenvalue weighted by molar-refractivity contribution is -0.121. The van der Waals surface area contributed by atoms with Crippen LogP contribution in [0.1, 0.15) is 26.1 Å². The molecule has 2 aromatic rings. The van der Waals surface area contributed by atoms with Crippen molar-refractivity contribution < 1.29 is 19.0 Å². The van der Waals surface area contributed by atoms with Crippen molar-refractivity contribution in [2.45, 2.75) is 32.0 Å². The van der Waals surface area contributed by atoms with E-state index in [1.54, 1.807) is 27.5 Å². The lowest BCUT2D eigenvalue weighted by Gasteiger charge is -2.29. The molecule has 0 fully saturated rings. The second-order valence-corrected chi connectivity index (χ2v) is 7.54. The largest absolute Gasteiger partial charge is 0.485 e. The second kappa shape index (κ2) is 7.06. The van der Waals surface area contributed by atoms with Crippen LogP contribution in [-0.4, -0.2) is 39.9 Å². The quantitative estimate of drug-likeness (QED) is 0.791. The number of ether oxygens (including phenoxy) is 3. The Balaban J connectivity index is 1.51. The van der Waals surface area contributed by atoms with Gasteiger partial charge in [-0.05, 0) is 18.1 Å². The van der Waals surface area contributed by atoms with E-state index in [1.807, 2.05) is 26.0 Å². The molecular weight excluding hydrogens is 356 g/mol. The Labute approximate surface area is 155 Å². The molecule has 4 rings (SSSR count). The van der Waals surface area contributed by atoms with Gasteiger partial charge in [0.25, 0.3) is 0 Å². The van der Waals surface area contributed by atoms with Crippen LogP contribution in [0.5, 0.6) is 17.2 Å². The standard InChI is InChI=1S/C17H20N4O4S/c1-11(2)7-16(22)20-5-6-26-17-19-18-15(21(17)20)9-23-12-3-4-13-14(8-12)25-10-24-13/h3-4,8,11H,5-7,9-10H2,1-2H3. The molecule has 1 aromatic carbocycles. The number of rotatable bonds is 5. The summed E-state index contributed by atoms with van der Waals surface area (Å²) >= 11 is 1.59. The maximum atomic E-state index is 12.6. The Bertz CT molecular complexity index is 823. The number of aromatic nitrogens is 3. The zero-order chi connectivity index (χ0) is 18.1. The monoisotopic (exact) mass is 376 g/mol. The normalized spacial score (nSPS) is 15.3. The van der Waals surface area contributed by atoms with Crippen LogP contribution in [-0.2, 0) is 11.4 Å². The molecular formula is C17H20N4O4S. The molecule has 0 N–H and O–H groups in total. The van der Waals surface area contributed by atoms with E-state index < -0.39 is 0 Å². The number of nitrogens with zero attached hydrogens (tertiary/aromatic N) is 4. The molecule has 0 unspecified atom stereocenters. The van der Waals surface area contributed by atoms with Gasteiger partial charge in [0.15, 0.2) is 17.3 Å². The number of hydrogen-bond donors (Lipinski definition) is 0. The highest BCUT2D eigenvalue weighted by molar-refractivity contribution is 7.99. The summed E-state index contributed by atoms with van der Waals surface area (Å²) in [6, 6.07) is 5.41. The van der Waals surface area contributed by atoms with Crippen molar-refractivity contribution in [1.82, 2.24) is 14.9 Å². The molecule has 0 bridgehead atoms. The third kappa shape index (κ3) is 3.31. The maximum Gasteiger partial charge on any atom is 0.241 e. The highest BCUT2D eigenvalue weighted by atomic mass is 32.2. The summed E-state index contributed by atoms with van der Waals surface area (Å²) in [5.41, 5.74) is 0. The number of hydrogen-bond acceptors (Lipinski definition) is 7. The molecule has 1 amide bonds. The van der Waals surface area contributed by atoms with Gasteiger partial charge in [-0.3, -0.25) is 4.79 Å². The number of carbonyl (C=O) groups is 1. The fourth-order valence-electron chi connectivity index (χ4n) is 2.85. The van der Waals surface area contributed by atoms with Crippen LogP contribution in [0.2, 0.25) is 0 Å². The van der Waals surface area contributed by atoms with Crippen LogP contribution in [0.4, 0.5) is 0 Å². The third-order valence-corrected chi connectivity index (χ3v) is 4.93. The second-order valence-electron chi connectivity index (χ2n) is 6.48. The predicted molar refractivity (Wildman–Crippen MR) is 95.2 cm³/mol. The molecule has 1 aromatic heterocycles. The number of fused-ring (bicyclic) bond motifs is 2. The minimum Gasteiger partial charge on any atom is -0.485 e. The number of thioether (sulfide) groups is 1. The Morgan fingerprint density at radius 3 is 3.00 bits per heavy atom. The summed E-state index contributed by atoms with van der Waals surface area (Å²) in [4.78, 5) is 12.6. The molecule has 8 nitrogen and oxygen atoms in total. The Morgan fingerprint density at radius 2 is 2.15 bits per heavy atom. The third-order valence-electron chi connectivity index (χ3n) is 4.04. The van der Waals surface area contributed by atoms with Crippen LogP contribution in [0.15, 0.2) is 23.4 Å². The van der Waals surface area contributed by atoms with E-state index in [1.165, 1.54) is 0 Å². The molecule has 26 heavy (non-hydrogen) atoms. The first-order valence-electron chi connectivity index (χ1n) is 8.52. The maximum absolute atomic E-state index is 12.6. The highest BCUT2D eigenvalue weighted by Crippen LogP contribution is 2.35. The van der Waals surface area contributed by atoms with Crippen LogP contribution >= 0.6 is 11.8 Å². The van der Waals surface area contributed by atoms with Crippen molar-refractivity contribution in [2.24, 2.45) is 5.92 Å². The van der Waals surface area contributed by atoms with Crippen LogP contribution in [0.3, 0.4) is 0 Å². The highest BCUT2D eigenvalue weighted by Gasteiger charge is 2.28. The van der Waals surface area contributed by atoms with Gasteiger partial charge < -0.3 is 14.2 Å². The van der Waals surface area contributed by atoms with Crippen LogP contribution in [0, 0.1) is 5.92 Å². The fourth-order valence-corrected chi connectivity index (χ4v) is 3.72. The van der Waals surface area contributed by atoms with Gasteiger partial charge in [-0.15, -0.1) is 10.2 Å². The van der Waals surface area contributed by atoms with E-state index in [0.29, 0.717) is 42.0 Å². The molecule has 2 aliphatic rings. The zero-order valence-corrected chi connectivity index (χ0v) is 15.5. The molecule has 0 saturated carbocycles. The Morgan fingerprint density at radius 1 is 1.31 bits per heavy atom. The van der Waals surface area contributed by atoms with Gasteiger partial charge in [-0.1, -0.05) is 25.6 Å². The smallest absolute Gasteiger partial charge is 0.241 e. The molecule has 0 saturated heterocycles. The first-order valence-corrected chi connectivity index (χ1v) is 9.50. The number of benzene rings is 1. The molecule has 0 aliphatic carbocycles. The minimum atomic E-state index is 0.0747. The van der Waals surface area contributed by atoms with Crippen LogP contribution < -0.4 is 19.2 Å². The van der Waals surface area contributed by atoms with Crippen molar-refractivity contribution >= 4 is 17.7 Å². The molecule has 138 valence electrons. The van der Waals surface area contributed by atoms with Gasteiger partial charge in [0.1, 0.15) is 12.4 Å². The van der Waals surface area contributed by atoms with Gasteiger partial charge >= 0.3 is 0 Å². The molecule has 3 heterocycles. The van der Waals surface area contributed by atoms with Crippen LogP contribution in [0.25, 0.3) is 0 Å². The lowest BCUT2D eigenvalue weighted by Crippen LogP contribution is -2.46. The average Bonchev–Trinajstić information content (AvgIpc) is 3.25. The molecule has 2 aliphatic heterocycles. The van der Waals surface area contributed by atoms with E-state index in [2.05, 4.69) is 10.2 Å².